The molecular formula is C14H16Cl2FN3O. The topological polar surface area (TPSA) is 46.9 Å². The summed E-state index contributed by atoms with van der Waals surface area (Å²) in [6.07, 6.45) is 0.485. The number of carbonyl (C=O) groups excluding carboxylic acids is 1. The Morgan fingerprint density at radius 1 is 1.52 bits per heavy atom. The molecule has 1 unspecified atom stereocenters. The number of nitrogens with one attached hydrogen (secondary N) is 1. The molecule has 2 rings (SSSR count). The number of imidazole rings is 1. The van der Waals surface area contributed by atoms with Crippen LogP contribution in [0.5, 0.6) is 0 Å². The molecule has 1 amide bonds. The molecule has 4 nitrogen and oxygen atoms in total. The van der Waals surface area contributed by atoms with Crippen LogP contribution >= 0.6 is 23.2 Å². The van der Waals surface area contributed by atoms with E-state index in [0.29, 0.717) is 35.7 Å². The van der Waals surface area contributed by atoms with Crippen molar-refractivity contribution in [3.05, 3.63) is 28.8 Å². The fraction of sp³-hybridized carbons (Fsp3) is 0.429. The van der Waals surface area contributed by atoms with Crippen molar-refractivity contribution in [2.45, 2.75) is 26.3 Å². The van der Waals surface area contributed by atoms with E-state index in [1.807, 2.05) is 6.92 Å². The molecule has 2 aromatic rings. The van der Waals surface area contributed by atoms with E-state index < -0.39 is 11.9 Å². The second-order valence-corrected chi connectivity index (χ2v) is 5.45. The molecule has 0 radical (unpaired) electrons. The van der Waals surface area contributed by atoms with Gasteiger partial charge in [-0.2, -0.15) is 0 Å². The number of nitrogens with zero attached hydrogens (tertiary/aromatic N) is 2. The van der Waals surface area contributed by atoms with Gasteiger partial charge in [0.15, 0.2) is 0 Å². The molecule has 0 aliphatic carbocycles. The first-order valence-electron chi connectivity index (χ1n) is 6.69. The van der Waals surface area contributed by atoms with E-state index in [1.165, 1.54) is 12.1 Å². The van der Waals surface area contributed by atoms with Crippen LogP contribution in [0.15, 0.2) is 12.1 Å². The molecule has 21 heavy (non-hydrogen) atoms. The molecule has 7 heteroatoms. The molecule has 0 saturated heterocycles. The van der Waals surface area contributed by atoms with Crippen LogP contribution in [-0.4, -0.2) is 27.9 Å². The number of aromatic nitrogens is 2. The fourth-order valence-electron chi connectivity index (χ4n) is 2.27. The highest BCUT2D eigenvalue weighted by Gasteiger charge is 2.22. The van der Waals surface area contributed by atoms with Crippen molar-refractivity contribution in [3.63, 3.8) is 0 Å². The van der Waals surface area contributed by atoms with Crippen molar-refractivity contribution in [1.29, 1.82) is 0 Å². The first kappa shape index (κ1) is 16.0. The molecule has 0 aliphatic rings. The van der Waals surface area contributed by atoms with Crippen molar-refractivity contribution in [2.75, 3.05) is 12.4 Å². The summed E-state index contributed by atoms with van der Waals surface area (Å²) in [5.74, 6) is 0.316. The maximum atomic E-state index is 13.7. The number of aryl methyl sites for hydroxylation is 1. The summed E-state index contributed by atoms with van der Waals surface area (Å²) in [4.78, 5) is 16.5. The van der Waals surface area contributed by atoms with Gasteiger partial charge in [-0.1, -0.05) is 11.6 Å². The number of hydrogen-bond donors (Lipinski definition) is 1. The van der Waals surface area contributed by atoms with Crippen LogP contribution in [-0.2, 0) is 11.2 Å². The Balaban J connectivity index is 2.60. The Morgan fingerprint density at radius 2 is 2.24 bits per heavy atom. The van der Waals surface area contributed by atoms with Crippen molar-refractivity contribution < 1.29 is 9.18 Å². The second kappa shape index (κ2) is 6.62. The number of fused-ring (bicyclic) bond motifs is 1. The summed E-state index contributed by atoms with van der Waals surface area (Å²) in [5, 5.41) is 2.76. The van der Waals surface area contributed by atoms with Gasteiger partial charge in [0.1, 0.15) is 17.7 Å². The highest BCUT2D eigenvalue weighted by atomic mass is 35.5. The third-order valence-corrected chi connectivity index (χ3v) is 3.72. The van der Waals surface area contributed by atoms with E-state index in [0.717, 1.165) is 0 Å². The molecule has 1 N–H and O–H groups in total. The lowest BCUT2D eigenvalue weighted by atomic mass is 10.2. The van der Waals surface area contributed by atoms with Crippen LogP contribution in [0.4, 0.5) is 4.39 Å². The van der Waals surface area contributed by atoms with Gasteiger partial charge >= 0.3 is 0 Å². The van der Waals surface area contributed by atoms with Gasteiger partial charge in [0.25, 0.3) is 0 Å². The van der Waals surface area contributed by atoms with Gasteiger partial charge in [0.2, 0.25) is 5.91 Å². The molecule has 0 saturated carbocycles. The SMILES string of the molecule is CCNC(=O)C(C)n1c(CCCl)nc2cc(Cl)c(F)cc21. The molecule has 0 fully saturated rings. The van der Waals surface area contributed by atoms with E-state index in [1.54, 1.807) is 11.5 Å². The summed E-state index contributed by atoms with van der Waals surface area (Å²) in [6, 6.07) is 2.26. The van der Waals surface area contributed by atoms with Crippen molar-refractivity contribution in [3.8, 4) is 0 Å². The lowest BCUT2D eigenvalue weighted by Gasteiger charge is -2.16. The summed E-state index contributed by atoms with van der Waals surface area (Å²) in [6.45, 7) is 4.12. The standard InChI is InChI=1S/C14H16Cl2FN3O/c1-3-18-14(21)8(2)20-12-7-10(17)9(16)6-11(12)19-13(20)4-5-15/h6-8H,3-5H2,1-2H3,(H,18,21). The molecule has 1 aromatic heterocycles. The van der Waals surface area contributed by atoms with Gasteiger partial charge in [-0.25, -0.2) is 9.37 Å². The lowest BCUT2D eigenvalue weighted by molar-refractivity contribution is -0.123. The largest absolute Gasteiger partial charge is 0.355 e. The van der Waals surface area contributed by atoms with E-state index >= 15 is 0 Å². The van der Waals surface area contributed by atoms with Gasteiger partial charge in [-0.05, 0) is 19.9 Å². The highest BCUT2D eigenvalue weighted by molar-refractivity contribution is 6.31. The molecule has 1 aromatic carbocycles. The molecule has 1 heterocycles. The number of carbonyl (C=O) groups is 1. The van der Waals surface area contributed by atoms with Crippen LogP contribution < -0.4 is 5.32 Å². The minimum atomic E-state index is -0.536. The second-order valence-electron chi connectivity index (χ2n) is 4.66. The Labute approximate surface area is 132 Å². The fourth-order valence-corrected chi connectivity index (χ4v) is 2.60. The zero-order valence-corrected chi connectivity index (χ0v) is 13.3. The quantitative estimate of drug-likeness (QED) is 0.854. The van der Waals surface area contributed by atoms with E-state index in [-0.39, 0.29) is 10.9 Å². The van der Waals surface area contributed by atoms with Gasteiger partial charge in [0.05, 0.1) is 16.1 Å². The first-order valence-corrected chi connectivity index (χ1v) is 7.60. The number of benzene rings is 1. The van der Waals surface area contributed by atoms with E-state index in [4.69, 9.17) is 23.2 Å². The third kappa shape index (κ3) is 3.14. The predicted octanol–water partition coefficient (Wildman–Crippen LogP) is 3.31. The minimum absolute atomic E-state index is 0.00948. The number of hydrogen-bond acceptors (Lipinski definition) is 2. The van der Waals surface area contributed by atoms with Crippen molar-refractivity contribution >= 4 is 40.1 Å². The lowest BCUT2D eigenvalue weighted by Crippen LogP contribution is -2.31. The molecule has 0 spiro atoms. The molecular weight excluding hydrogens is 316 g/mol. The minimum Gasteiger partial charge on any atom is -0.355 e. The van der Waals surface area contributed by atoms with E-state index in [2.05, 4.69) is 10.3 Å². The first-order chi connectivity index (χ1) is 9.99. The van der Waals surface area contributed by atoms with Gasteiger partial charge < -0.3 is 9.88 Å². The van der Waals surface area contributed by atoms with E-state index in [9.17, 15) is 9.18 Å². The van der Waals surface area contributed by atoms with Crippen LogP contribution in [0, 0.1) is 5.82 Å². The predicted molar refractivity (Wildman–Crippen MR) is 82.5 cm³/mol. The van der Waals surface area contributed by atoms with Crippen LogP contribution in [0.3, 0.4) is 0 Å². The number of likely N-dealkylation sites (N-methyl/N-ethyl adjacent to an activating group) is 1. The van der Waals surface area contributed by atoms with Crippen LogP contribution in [0.1, 0.15) is 25.7 Å². The molecule has 0 aliphatic heterocycles. The van der Waals surface area contributed by atoms with Gasteiger partial charge in [-0.15, -0.1) is 11.6 Å². The van der Waals surface area contributed by atoms with Crippen molar-refractivity contribution in [1.82, 2.24) is 14.9 Å². The van der Waals surface area contributed by atoms with Crippen LogP contribution in [0.2, 0.25) is 5.02 Å². The van der Waals surface area contributed by atoms with Crippen LogP contribution in [0.25, 0.3) is 11.0 Å². The molecule has 114 valence electrons. The van der Waals surface area contributed by atoms with Gasteiger partial charge in [0, 0.05) is 24.9 Å². The number of halogens is 3. The summed E-state index contributed by atoms with van der Waals surface area (Å²) >= 11 is 11.6. The highest BCUT2D eigenvalue weighted by Crippen LogP contribution is 2.27. The zero-order valence-electron chi connectivity index (χ0n) is 11.8. The Hall–Kier alpha value is -1.33. The summed E-state index contributed by atoms with van der Waals surface area (Å²) in [5.41, 5.74) is 1.09. The Bertz CT molecular complexity index is 672. The summed E-state index contributed by atoms with van der Waals surface area (Å²) < 4.78 is 15.4. The number of alkyl halides is 1. The maximum Gasteiger partial charge on any atom is 0.242 e. The Kier molecular flexibility index (Phi) is 5.06. The average molecular weight is 332 g/mol. The summed E-state index contributed by atoms with van der Waals surface area (Å²) in [7, 11) is 0. The number of amides is 1. The third-order valence-electron chi connectivity index (χ3n) is 3.24. The smallest absolute Gasteiger partial charge is 0.242 e. The average Bonchev–Trinajstić information content (AvgIpc) is 2.76. The monoisotopic (exact) mass is 331 g/mol. The maximum absolute atomic E-state index is 13.7. The normalized spacial score (nSPS) is 12.6. The molecule has 1 atom stereocenters. The Morgan fingerprint density at radius 3 is 2.86 bits per heavy atom. The zero-order chi connectivity index (χ0) is 15.6. The molecule has 0 bridgehead atoms. The van der Waals surface area contributed by atoms with Crippen molar-refractivity contribution in [2.24, 2.45) is 0 Å². The van der Waals surface area contributed by atoms with Gasteiger partial charge in [-0.3, -0.25) is 4.79 Å². The number of rotatable bonds is 5.